The molecule has 0 saturated carbocycles. The number of aromatic nitrogens is 3. The maximum atomic E-state index is 12.6. The first-order valence-corrected chi connectivity index (χ1v) is 8.67. The molecule has 1 amide bonds. The molecule has 2 fully saturated rings. The van der Waals surface area contributed by atoms with Crippen molar-refractivity contribution in [1.82, 2.24) is 24.6 Å². The summed E-state index contributed by atoms with van der Waals surface area (Å²) in [5.41, 5.74) is 2.13. The van der Waals surface area contributed by atoms with Crippen LogP contribution < -0.4 is 4.90 Å². The number of pyridine rings is 1. The molecule has 2 aromatic heterocycles. The van der Waals surface area contributed by atoms with Gasteiger partial charge in [-0.15, -0.1) is 0 Å². The Bertz CT molecular complexity index is 760. The van der Waals surface area contributed by atoms with Crippen molar-refractivity contribution in [3.8, 4) is 0 Å². The van der Waals surface area contributed by atoms with Gasteiger partial charge in [0, 0.05) is 51.2 Å². The van der Waals surface area contributed by atoms with E-state index in [9.17, 15) is 4.79 Å². The van der Waals surface area contributed by atoms with Crippen molar-refractivity contribution < 1.29 is 4.79 Å². The number of likely N-dealkylation sites (N-methyl/N-ethyl adjacent to an activating group) is 1. The van der Waals surface area contributed by atoms with E-state index in [4.69, 9.17) is 0 Å². The van der Waals surface area contributed by atoms with E-state index in [0.717, 1.165) is 38.3 Å². The van der Waals surface area contributed by atoms with Crippen LogP contribution in [0.4, 0.5) is 5.69 Å². The SMILES string of the molecule is CN1CC(=O)N(c2cccnc2)C[C@@]12CCN(Cc1cnn(C)c1)C2. The highest BCUT2D eigenvalue weighted by Gasteiger charge is 2.47. The normalized spacial score (nSPS) is 25.2. The maximum absolute atomic E-state index is 12.6. The Morgan fingerprint density at radius 3 is 2.84 bits per heavy atom. The molecule has 0 unspecified atom stereocenters. The van der Waals surface area contributed by atoms with E-state index in [2.05, 4.69) is 33.1 Å². The molecule has 132 valence electrons. The summed E-state index contributed by atoms with van der Waals surface area (Å²) in [4.78, 5) is 23.3. The van der Waals surface area contributed by atoms with Crippen LogP contribution in [0.3, 0.4) is 0 Å². The number of hydrogen-bond acceptors (Lipinski definition) is 5. The fourth-order valence-electron chi connectivity index (χ4n) is 4.04. The summed E-state index contributed by atoms with van der Waals surface area (Å²) >= 11 is 0. The number of hydrogen-bond donors (Lipinski definition) is 0. The Hall–Kier alpha value is -2.25. The van der Waals surface area contributed by atoms with Gasteiger partial charge in [-0.3, -0.25) is 24.3 Å². The molecule has 2 aromatic rings. The van der Waals surface area contributed by atoms with E-state index in [1.807, 2.05) is 35.0 Å². The quantitative estimate of drug-likeness (QED) is 0.825. The largest absolute Gasteiger partial charge is 0.308 e. The number of piperazine rings is 1. The van der Waals surface area contributed by atoms with E-state index in [1.165, 1.54) is 5.56 Å². The number of amides is 1. The monoisotopic (exact) mass is 340 g/mol. The summed E-state index contributed by atoms with van der Waals surface area (Å²) in [5.74, 6) is 0.145. The van der Waals surface area contributed by atoms with Crippen molar-refractivity contribution in [3.05, 3.63) is 42.5 Å². The van der Waals surface area contributed by atoms with Gasteiger partial charge < -0.3 is 4.90 Å². The van der Waals surface area contributed by atoms with Gasteiger partial charge in [0.05, 0.1) is 30.2 Å². The van der Waals surface area contributed by atoms with Crippen LogP contribution in [-0.4, -0.2) is 69.2 Å². The third kappa shape index (κ3) is 3.05. The predicted molar refractivity (Wildman–Crippen MR) is 95.1 cm³/mol. The van der Waals surface area contributed by atoms with E-state index in [-0.39, 0.29) is 11.4 Å². The van der Waals surface area contributed by atoms with Gasteiger partial charge >= 0.3 is 0 Å². The minimum absolute atomic E-state index is 0.00591. The number of likely N-dealkylation sites (tertiary alicyclic amines) is 1. The first-order valence-electron chi connectivity index (χ1n) is 8.67. The van der Waals surface area contributed by atoms with Crippen molar-refractivity contribution in [2.24, 2.45) is 7.05 Å². The second-order valence-electron chi connectivity index (χ2n) is 7.25. The van der Waals surface area contributed by atoms with Crippen LogP contribution in [0.1, 0.15) is 12.0 Å². The standard InChI is InChI=1S/C18H24N6O/c1-21-12-17(25)24(16-4-3-6-19-9-16)14-18(21)5-7-23(13-18)11-15-8-20-22(2)10-15/h3-4,6,8-10H,5,7,11-14H2,1-2H3/t18-/m0/s1. The zero-order valence-corrected chi connectivity index (χ0v) is 14.8. The molecule has 2 aliphatic heterocycles. The highest BCUT2D eigenvalue weighted by molar-refractivity contribution is 5.95. The second-order valence-corrected chi connectivity index (χ2v) is 7.25. The molecule has 1 atom stereocenters. The van der Waals surface area contributed by atoms with E-state index in [1.54, 1.807) is 12.4 Å². The van der Waals surface area contributed by atoms with Crippen molar-refractivity contribution in [2.75, 3.05) is 38.1 Å². The molecule has 7 nitrogen and oxygen atoms in total. The third-order valence-corrected chi connectivity index (χ3v) is 5.47. The van der Waals surface area contributed by atoms with Gasteiger partial charge in [0.2, 0.25) is 5.91 Å². The zero-order chi connectivity index (χ0) is 17.4. The van der Waals surface area contributed by atoms with Crippen LogP contribution in [-0.2, 0) is 18.4 Å². The summed E-state index contributed by atoms with van der Waals surface area (Å²) < 4.78 is 1.84. The summed E-state index contributed by atoms with van der Waals surface area (Å²) in [5, 5.41) is 4.26. The Balaban J connectivity index is 1.51. The van der Waals surface area contributed by atoms with Crippen LogP contribution >= 0.6 is 0 Å². The van der Waals surface area contributed by atoms with E-state index in [0.29, 0.717) is 6.54 Å². The van der Waals surface area contributed by atoms with Crippen LogP contribution in [0.15, 0.2) is 36.9 Å². The highest BCUT2D eigenvalue weighted by atomic mass is 16.2. The molecule has 0 bridgehead atoms. The summed E-state index contributed by atoms with van der Waals surface area (Å²) in [6.07, 6.45) is 8.58. The lowest BCUT2D eigenvalue weighted by atomic mass is 9.92. The molecule has 2 saturated heterocycles. The zero-order valence-electron chi connectivity index (χ0n) is 14.8. The molecule has 4 heterocycles. The number of carbonyl (C=O) groups is 1. The predicted octanol–water partition coefficient (Wildman–Crippen LogP) is 0.738. The average molecular weight is 340 g/mol. The Morgan fingerprint density at radius 2 is 2.12 bits per heavy atom. The van der Waals surface area contributed by atoms with Gasteiger partial charge in [-0.25, -0.2) is 0 Å². The molecule has 4 rings (SSSR count). The molecular weight excluding hydrogens is 316 g/mol. The smallest absolute Gasteiger partial charge is 0.241 e. The summed E-state index contributed by atoms with van der Waals surface area (Å²) in [6, 6.07) is 3.85. The molecule has 0 N–H and O–H groups in total. The maximum Gasteiger partial charge on any atom is 0.241 e. The first-order chi connectivity index (χ1) is 12.1. The summed E-state index contributed by atoms with van der Waals surface area (Å²) in [7, 11) is 4.02. The fourth-order valence-corrected chi connectivity index (χ4v) is 4.04. The number of aryl methyl sites for hydroxylation is 1. The van der Waals surface area contributed by atoms with Gasteiger partial charge in [0.1, 0.15) is 0 Å². The Morgan fingerprint density at radius 1 is 1.24 bits per heavy atom. The number of carbonyl (C=O) groups excluding carboxylic acids is 1. The molecule has 25 heavy (non-hydrogen) atoms. The Labute approximate surface area is 147 Å². The lowest BCUT2D eigenvalue weighted by molar-refractivity contribution is -0.123. The first kappa shape index (κ1) is 16.2. The van der Waals surface area contributed by atoms with Crippen molar-refractivity contribution >= 4 is 11.6 Å². The summed E-state index contributed by atoms with van der Waals surface area (Å²) in [6.45, 7) is 4.08. The van der Waals surface area contributed by atoms with Crippen LogP contribution in [0, 0.1) is 0 Å². The Kier molecular flexibility index (Phi) is 4.05. The van der Waals surface area contributed by atoms with Crippen molar-refractivity contribution in [3.63, 3.8) is 0 Å². The molecule has 1 spiro atoms. The molecule has 0 aromatic carbocycles. The minimum atomic E-state index is 0.00591. The van der Waals surface area contributed by atoms with Crippen molar-refractivity contribution in [2.45, 2.75) is 18.5 Å². The van der Waals surface area contributed by atoms with Gasteiger partial charge in [-0.05, 0) is 25.6 Å². The van der Waals surface area contributed by atoms with Crippen LogP contribution in [0.2, 0.25) is 0 Å². The molecule has 0 radical (unpaired) electrons. The third-order valence-electron chi connectivity index (χ3n) is 5.47. The van der Waals surface area contributed by atoms with Gasteiger partial charge in [0.25, 0.3) is 0 Å². The van der Waals surface area contributed by atoms with E-state index >= 15 is 0 Å². The second kappa shape index (κ2) is 6.24. The highest BCUT2D eigenvalue weighted by Crippen LogP contribution is 2.33. The van der Waals surface area contributed by atoms with Crippen LogP contribution in [0.5, 0.6) is 0 Å². The minimum Gasteiger partial charge on any atom is -0.308 e. The average Bonchev–Trinajstić information content (AvgIpc) is 3.20. The number of nitrogens with zero attached hydrogens (tertiary/aromatic N) is 6. The van der Waals surface area contributed by atoms with Gasteiger partial charge in [0.15, 0.2) is 0 Å². The topological polar surface area (TPSA) is 57.5 Å². The molecular formula is C18H24N6O. The number of rotatable bonds is 3. The number of anilines is 1. The molecule has 7 heteroatoms. The van der Waals surface area contributed by atoms with Crippen molar-refractivity contribution in [1.29, 1.82) is 0 Å². The molecule has 0 aliphatic carbocycles. The van der Waals surface area contributed by atoms with Gasteiger partial charge in [-0.1, -0.05) is 0 Å². The van der Waals surface area contributed by atoms with Crippen LogP contribution in [0.25, 0.3) is 0 Å². The lowest BCUT2D eigenvalue weighted by Gasteiger charge is -2.46. The lowest BCUT2D eigenvalue weighted by Crippen LogP contribution is -2.64. The molecule has 2 aliphatic rings. The van der Waals surface area contributed by atoms with Gasteiger partial charge in [-0.2, -0.15) is 5.10 Å². The fraction of sp³-hybridized carbons (Fsp3) is 0.500. The van der Waals surface area contributed by atoms with E-state index < -0.39 is 0 Å².